The van der Waals surface area contributed by atoms with Crippen molar-refractivity contribution in [3.63, 3.8) is 0 Å². The molecule has 3 aromatic carbocycles. The summed E-state index contributed by atoms with van der Waals surface area (Å²) in [5.41, 5.74) is 2.93. The molecule has 2 fully saturated rings. The van der Waals surface area contributed by atoms with Gasteiger partial charge in [0.25, 0.3) is 0 Å². The molecule has 2 aliphatic heterocycles. The maximum atomic E-state index is 14.3. The summed E-state index contributed by atoms with van der Waals surface area (Å²) in [4.78, 5) is 20.6. The van der Waals surface area contributed by atoms with E-state index in [0.29, 0.717) is 29.6 Å². The molecule has 4 N–H and O–H groups in total. The van der Waals surface area contributed by atoms with Crippen LogP contribution in [0.1, 0.15) is 37.0 Å². The van der Waals surface area contributed by atoms with Crippen LogP contribution in [0.25, 0.3) is 10.9 Å². The summed E-state index contributed by atoms with van der Waals surface area (Å²) in [5.74, 6) is -0.242. The number of aromatic nitrogens is 1. The number of fused-ring (bicyclic) bond motifs is 2. The van der Waals surface area contributed by atoms with Crippen LogP contribution in [0.15, 0.2) is 88.8 Å². The standard InChI is InChI=1S/C38H46N4O8S/c1-25(2)22-42(23-34(43)33(19-27-11-7-4-8-12-27)41-38(45)50-35-24-49-37-29(35)16-18-48-37)51(46,47)28-13-14-32-30(20-28)31(36(44)40-32)21-39-17-15-26-9-5-3-6-10-26/h3-14,20-21,25,29,33-35,37,40,43-44H,15-19,22-24H2,1-2H3,(H,41,45)/t29?,33-,34+,35-,37?/m0/s1. The number of carbonyl (C=O) groups excluding carboxylic acids is 1. The second-order valence-corrected chi connectivity index (χ2v) is 15.5. The number of aromatic amines is 1. The van der Waals surface area contributed by atoms with E-state index in [9.17, 15) is 23.4 Å². The Bertz CT molecular complexity index is 1900. The molecule has 0 aliphatic carbocycles. The maximum absolute atomic E-state index is 14.3. The molecule has 0 bridgehead atoms. The van der Waals surface area contributed by atoms with Gasteiger partial charge in [0.15, 0.2) is 12.2 Å². The number of alkyl carbamates (subject to hydrolysis) is 1. The Labute approximate surface area is 298 Å². The quantitative estimate of drug-likeness (QED) is 0.129. The minimum atomic E-state index is -4.16. The molecule has 1 amide bonds. The van der Waals surface area contributed by atoms with Crippen molar-refractivity contribution in [3.05, 3.63) is 95.6 Å². The number of aromatic hydroxyl groups is 1. The summed E-state index contributed by atoms with van der Waals surface area (Å²) in [7, 11) is -4.16. The number of ether oxygens (including phenoxy) is 3. The van der Waals surface area contributed by atoms with Gasteiger partial charge < -0.3 is 34.7 Å². The SMILES string of the molecule is CC(C)CN(C[C@@H](O)[C@H](Cc1ccccc1)NC(=O)O[C@H]1COC2OCCC21)S(=O)(=O)c1ccc2[nH]c(O)c(C=NCCc3ccccc3)c2c1. The van der Waals surface area contributed by atoms with Gasteiger partial charge in [-0.15, -0.1) is 0 Å². The third-order valence-corrected chi connectivity index (χ3v) is 11.1. The minimum Gasteiger partial charge on any atom is -0.494 e. The molecule has 272 valence electrons. The van der Waals surface area contributed by atoms with E-state index in [1.807, 2.05) is 74.5 Å². The van der Waals surface area contributed by atoms with Crippen molar-refractivity contribution >= 4 is 33.2 Å². The molecule has 3 heterocycles. The summed E-state index contributed by atoms with van der Waals surface area (Å²) >= 11 is 0. The van der Waals surface area contributed by atoms with E-state index in [0.717, 1.165) is 24.0 Å². The average Bonchev–Trinajstić information content (AvgIpc) is 3.82. The first kappa shape index (κ1) is 36.5. The largest absolute Gasteiger partial charge is 0.494 e. The number of hydrogen-bond acceptors (Lipinski definition) is 9. The minimum absolute atomic E-state index is 0.00216. The van der Waals surface area contributed by atoms with Gasteiger partial charge in [0, 0.05) is 36.8 Å². The number of H-pyrrole nitrogens is 1. The molecular formula is C38H46N4O8S. The Balaban J connectivity index is 1.21. The lowest BCUT2D eigenvalue weighted by Gasteiger charge is -2.31. The summed E-state index contributed by atoms with van der Waals surface area (Å²) in [6.07, 6.45) is 0.357. The highest BCUT2D eigenvalue weighted by Gasteiger charge is 2.44. The average molecular weight is 719 g/mol. The van der Waals surface area contributed by atoms with Crippen molar-refractivity contribution in [1.29, 1.82) is 0 Å². The van der Waals surface area contributed by atoms with Crippen LogP contribution >= 0.6 is 0 Å². The zero-order chi connectivity index (χ0) is 36.0. The highest BCUT2D eigenvalue weighted by atomic mass is 32.2. The second-order valence-electron chi connectivity index (χ2n) is 13.6. The van der Waals surface area contributed by atoms with E-state index in [-0.39, 0.29) is 55.0 Å². The van der Waals surface area contributed by atoms with Gasteiger partial charge in [0.1, 0.15) is 6.10 Å². The van der Waals surface area contributed by atoms with Crippen LogP contribution in [-0.4, -0.2) is 97.6 Å². The molecule has 6 rings (SSSR count). The Morgan fingerprint density at radius 3 is 2.51 bits per heavy atom. The van der Waals surface area contributed by atoms with Crippen LogP contribution in [0.3, 0.4) is 0 Å². The molecule has 4 aromatic rings. The van der Waals surface area contributed by atoms with Gasteiger partial charge in [0.2, 0.25) is 10.0 Å². The first-order chi connectivity index (χ1) is 24.6. The van der Waals surface area contributed by atoms with Crippen molar-refractivity contribution in [2.45, 2.75) is 62.5 Å². The van der Waals surface area contributed by atoms with E-state index in [1.54, 1.807) is 12.3 Å². The number of sulfonamides is 1. The normalized spacial score (nSPS) is 20.3. The molecule has 12 nitrogen and oxygen atoms in total. The predicted octanol–water partition coefficient (Wildman–Crippen LogP) is 4.64. The van der Waals surface area contributed by atoms with Crippen molar-refractivity contribution < 1.29 is 37.6 Å². The first-order valence-corrected chi connectivity index (χ1v) is 18.8. The fourth-order valence-corrected chi connectivity index (χ4v) is 8.30. The lowest BCUT2D eigenvalue weighted by atomic mass is 10.0. The number of hydrogen-bond donors (Lipinski definition) is 4. The van der Waals surface area contributed by atoms with Crippen LogP contribution < -0.4 is 5.32 Å². The third-order valence-electron chi connectivity index (χ3n) is 9.29. The van der Waals surface area contributed by atoms with E-state index in [1.165, 1.54) is 16.4 Å². The summed E-state index contributed by atoms with van der Waals surface area (Å²) in [6.45, 7) is 4.87. The van der Waals surface area contributed by atoms with Gasteiger partial charge in [-0.05, 0) is 54.5 Å². The summed E-state index contributed by atoms with van der Waals surface area (Å²) in [5, 5.41) is 25.7. The number of benzene rings is 3. The first-order valence-electron chi connectivity index (χ1n) is 17.4. The molecule has 51 heavy (non-hydrogen) atoms. The lowest BCUT2D eigenvalue weighted by Crippen LogP contribution is -2.51. The van der Waals surface area contributed by atoms with Crippen LogP contribution in [0.2, 0.25) is 0 Å². The van der Waals surface area contributed by atoms with Crippen LogP contribution in [-0.2, 0) is 37.1 Å². The highest BCUT2D eigenvalue weighted by Crippen LogP contribution is 2.33. The van der Waals surface area contributed by atoms with Gasteiger partial charge >= 0.3 is 6.09 Å². The third kappa shape index (κ3) is 8.97. The number of nitrogens with zero attached hydrogens (tertiary/aromatic N) is 2. The Morgan fingerprint density at radius 2 is 1.78 bits per heavy atom. The Hall–Kier alpha value is -4.27. The summed E-state index contributed by atoms with van der Waals surface area (Å²) < 4.78 is 46.7. The van der Waals surface area contributed by atoms with Crippen molar-refractivity contribution in [2.75, 3.05) is 32.8 Å². The zero-order valence-corrected chi connectivity index (χ0v) is 29.7. The van der Waals surface area contributed by atoms with Gasteiger partial charge in [0.05, 0.1) is 41.7 Å². The van der Waals surface area contributed by atoms with Crippen LogP contribution in [0.5, 0.6) is 5.88 Å². The monoisotopic (exact) mass is 718 g/mol. The van der Waals surface area contributed by atoms with Crippen molar-refractivity contribution in [1.82, 2.24) is 14.6 Å². The van der Waals surface area contributed by atoms with E-state index < -0.39 is 34.4 Å². The fourth-order valence-electron chi connectivity index (χ4n) is 6.65. The predicted molar refractivity (Wildman–Crippen MR) is 193 cm³/mol. The van der Waals surface area contributed by atoms with Crippen LogP contribution in [0, 0.1) is 11.8 Å². The van der Waals surface area contributed by atoms with Gasteiger partial charge in [-0.25, -0.2) is 13.2 Å². The molecule has 0 saturated carbocycles. The molecule has 13 heteroatoms. The molecule has 2 saturated heterocycles. The number of amides is 1. The second kappa shape index (κ2) is 16.4. The molecule has 0 spiro atoms. The molecule has 5 atom stereocenters. The number of carbonyl (C=O) groups is 1. The number of aliphatic hydroxyl groups is 1. The highest BCUT2D eigenvalue weighted by molar-refractivity contribution is 7.89. The molecular weight excluding hydrogens is 673 g/mol. The number of aliphatic imine (C=N–C) groups is 1. The Morgan fingerprint density at radius 1 is 1.06 bits per heavy atom. The number of aliphatic hydroxyl groups excluding tert-OH is 1. The van der Waals surface area contributed by atoms with Gasteiger partial charge in [-0.3, -0.25) is 4.99 Å². The van der Waals surface area contributed by atoms with Crippen molar-refractivity contribution in [3.8, 4) is 5.88 Å². The zero-order valence-electron chi connectivity index (χ0n) is 28.9. The smallest absolute Gasteiger partial charge is 0.407 e. The molecule has 2 aliphatic rings. The summed E-state index contributed by atoms with van der Waals surface area (Å²) in [6, 6.07) is 23.0. The number of rotatable bonds is 15. The van der Waals surface area contributed by atoms with E-state index in [2.05, 4.69) is 15.3 Å². The number of nitrogens with one attached hydrogen (secondary N) is 2. The fraction of sp³-hybridized carbons (Fsp3) is 0.421. The molecule has 1 aromatic heterocycles. The van der Waals surface area contributed by atoms with Gasteiger partial charge in [-0.2, -0.15) is 4.31 Å². The van der Waals surface area contributed by atoms with Crippen molar-refractivity contribution in [2.24, 2.45) is 16.8 Å². The van der Waals surface area contributed by atoms with Crippen LogP contribution in [0.4, 0.5) is 4.79 Å². The molecule has 2 unspecified atom stereocenters. The van der Waals surface area contributed by atoms with E-state index >= 15 is 0 Å². The van der Waals surface area contributed by atoms with Gasteiger partial charge in [-0.1, -0.05) is 74.5 Å². The maximum Gasteiger partial charge on any atom is 0.407 e. The molecule has 0 radical (unpaired) electrons. The lowest BCUT2D eigenvalue weighted by molar-refractivity contribution is -0.0907. The van der Waals surface area contributed by atoms with E-state index in [4.69, 9.17) is 14.2 Å². The Kier molecular flexibility index (Phi) is 11.7. The topological polar surface area (TPSA) is 163 Å².